The van der Waals surface area contributed by atoms with E-state index in [0.29, 0.717) is 13.1 Å². The summed E-state index contributed by atoms with van der Waals surface area (Å²) in [5.41, 5.74) is 1.17. The number of hydrogen-bond donors (Lipinski definition) is 2. The van der Waals surface area contributed by atoms with Gasteiger partial charge < -0.3 is 15.5 Å². The van der Waals surface area contributed by atoms with E-state index in [-0.39, 0.29) is 43.2 Å². The lowest BCUT2D eigenvalue weighted by molar-refractivity contribution is 0.0945. The van der Waals surface area contributed by atoms with Gasteiger partial charge in [0, 0.05) is 19.5 Å². The minimum Gasteiger partial charge on any atom is -0.347 e. The van der Waals surface area contributed by atoms with Crippen LogP contribution in [0.3, 0.4) is 0 Å². The summed E-state index contributed by atoms with van der Waals surface area (Å²) in [5, 5.41) is 13.3. The number of halogens is 1. The second-order valence-electron chi connectivity index (χ2n) is 6.47. The lowest BCUT2D eigenvalue weighted by atomic mass is 10.2. The predicted molar refractivity (Wildman–Crippen MR) is 96.7 cm³/mol. The molecule has 0 bridgehead atoms. The smallest absolute Gasteiger partial charge is 0.317 e. The highest BCUT2D eigenvalue weighted by Crippen LogP contribution is 2.21. The van der Waals surface area contributed by atoms with Crippen molar-refractivity contribution in [3.63, 3.8) is 0 Å². The fourth-order valence-corrected chi connectivity index (χ4v) is 3.11. The van der Waals surface area contributed by atoms with Crippen LogP contribution in [-0.4, -0.2) is 57.1 Å². The van der Waals surface area contributed by atoms with Crippen molar-refractivity contribution in [2.45, 2.75) is 38.6 Å². The van der Waals surface area contributed by atoms with Crippen molar-refractivity contribution in [1.82, 2.24) is 30.5 Å². The number of benzene rings is 1. The number of alkyl halides is 1. The molecule has 144 valence electrons. The molecule has 1 fully saturated rings. The molecule has 3 rings (SSSR count). The number of urea groups is 1. The van der Waals surface area contributed by atoms with Crippen LogP contribution in [0.15, 0.2) is 36.5 Å². The lowest BCUT2D eigenvalue weighted by Crippen LogP contribution is -2.44. The van der Waals surface area contributed by atoms with Crippen molar-refractivity contribution in [2.24, 2.45) is 0 Å². The maximum Gasteiger partial charge on any atom is 0.317 e. The Morgan fingerprint density at radius 1 is 1.26 bits per heavy atom. The monoisotopic (exact) mass is 374 g/mol. The van der Waals surface area contributed by atoms with Gasteiger partial charge in [0.2, 0.25) is 0 Å². The molecule has 9 heteroatoms. The molecule has 0 aliphatic carbocycles. The van der Waals surface area contributed by atoms with Gasteiger partial charge in [0.1, 0.15) is 6.17 Å². The Hall–Kier alpha value is -2.97. The Balaban J connectivity index is 1.58. The van der Waals surface area contributed by atoms with E-state index in [4.69, 9.17) is 0 Å². The summed E-state index contributed by atoms with van der Waals surface area (Å²) in [4.78, 5) is 25.8. The number of rotatable bonds is 6. The average Bonchev–Trinajstić information content (AvgIpc) is 3.28. The van der Waals surface area contributed by atoms with Crippen LogP contribution >= 0.6 is 0 Å². The second kappa shape index (κ2) is 8.61. The molecule has 0 spiro atoms. The van der Waals surface area contributed by atoms with E-state index in [0.717, 1.165) is 5.56 Å². The van der Waals surface area contributed by atoms with Gasteiger partial charge in [-0.25, -0.2) is 13.9 Å². The molecule has 2 atom stereocenters. The molecular formula is C18H23FN6O2. The van der Waals surface area contributed by atoms with Gasteiger partial charge in [-0.3, -0.25) is 4.79 Å². The largest absolute Gasteiger partial charge is 0.347 e. The number of amides is 3. The normalized spacial score (nSPS) is 19.1. The van der Waals surface area contributed by atoms with Crippen LogP contribution in [0.25, 0.3) is 0 Å². The van der Waals surface area contributed by atoms with Crippen LogP contribution in [0.4, 0.5) is 9.18 Å². The highest BCUT2D eigenvalue weighted by atomic mass is 19.1. The van der Waals surface area contributed by atoms with E-state index in [1.165, 1.54) is 15.8 Å². The number of carbonyl (C=O) groups excluding carboxylic acids is 2. The molecule has 1 aromatic heterocycles. The topological polar surface area (TPSA) is 92.2 Å². The summed E-state index contributed by atoms with van der Waals surface area (Å²) in [6.45, 7) is 3.04. The quantitative estimate of drug-likeness (QED) is 0.798. The van der Waals surface area contributed by atoms with Crippen molar-refractivity contribution < 1.29 is 14.0 Å². The molecule has 2 N–H and O–H groups in total. The maximum atomic E-state index is 13.8. The van der Waals surface area contributed by atoms with Crippen LogP contribution in [-0.2, 0) is 13.1 Å². The van der Waals surface area contributed by atoms with E-state index >= 15 is 0 Å². The third-order valence-corrected chi connectivity index (χ3v) is 4.42. The molecule has 1 aromatic carbocycles. The Kier molecular flexibility index (Phi) is 6.00. The molecule has 3 amide bonds. The highest BCUT2D eigenvalue weighted by Gasteiger charge is 2.35. The van der Waals surface area contributed by atoms with E-state index in [1.54, 1.807) is 0 Å². The number of carbonyl (C=O) groups is 2. The first-order valence-electron chi connectivity index (χ1n) is 8.97. The summed E-state index contributed by atoms with van der Waals surface area (Å²) >= 11 is 0. The minimum absolute atomic E-state index is 0.0651. The molecular weight excluding hydrogens is 351 g/mol. The van der Waals surface area contributed by atoms with Gasteiger partial charge in [-0.15, -0.1) is 5.10 Å². The molecule has 2 heterocycles. The standard InChI is InChI=1S/C18H23FN6O2/c1-2-20-18(27)25-10-14(19)8-15(25)11-24-12-16(22-23-24)17(26)21-9-13-6-4-3-5-7-13/h3-7,12,14-15H,2,8-11H2,1H3,(H,20,27)(H,21,26)/t14-,15-/m0/s1. The van der Waals surface area contributed by atoms with E-state index < -0.39 is 6.17 Å². The SMILES string of the molecule is CCNC(=O)N1C[C@@H](F)C[C@H]1Cn1cc(C(=O)NCc2ccccc2)nn1. The number of likely N-dealkylation sites (tertiary alicyclic amines) is 1. The van der Waals surface area contributed by atoms with E-state index in [1.807, 2.05) is 37.3 Å². The first kappa shape index (κ1) is 18.8. The van der Waals surface area contributed by atoms with Gasteiger partial charge in [-0.2, -0.15) is 0 Å². The second-order valence-corrected chi connectivity index (χ2v) is 6.47. The Bertz CT molecular complexity index is 781. The summed E-state index contributed by atoms with van der Waals surface area (Å²) in [6, 6.07) is 8.93. The lowest BCUT2D eigenvalue weighted by Gasteiger charge is -2.24. The minimum atomic E-state index is -1.06. The summed E-state index contributed by atoms with van der Waals surface area (Å²) in [7, 11) is 0. The fraction of sp³-hybridized carbons (Fsp3) is 0.444. The molecule has 27 heavy (non-hydrogen) atoms. The number of nitrogens with one attached hydrogen (secondary N) is 2. The first-order chi connectivity index (χ1) is 13.1. The first-order valence-corrected chi connectivity index (χ1v) is 8.97. The van der Waals surface area contributed by atoms with Crippen LogP contribution < -0.4 is 10.6 Å². The van der Waals surface area contributed by atoms with Crippen LogP contribution in [0.1, 0.15) is 29.4 Å². The van der Waals surface area contributed by atoms with Crippen molar-refractivity contribution in [2.75, 3.05) is 13.1 Å². The van der Waals surface area contributed by atoms with Crippen molar-refractivity contribution in [3.8, 4) is 0 Å². The summed E-state index contributed by atoms with van der Waals surface area (Å²) in [5.74, 6) is -0.333. The summed E-state index contributed by atoms with van der Waals surface area (Å²) < 4.78 is 15.3. The third kappa shape index (κ3) is 4.81. The molecule has 0 radical (unpaired) electrons. The molecule has 2 aromatic rings. The molecule has 0 unspecified atom stereocenters. The molecule has 8 nitrogen and oxygen atoms in total. The fourth-order valence-electron chi connectivity index (χ4n) is 3.11. The van der Waals surface area contributed by atoms with E-state index in [2.05, 4.69) is 20.9 Å². The van der Waals surface area contributed by atoms with Gasteiger partial charge in [-0.05, 0) is 12.5 Å². The Morgan fingerprint density at radius 3 is 2.78 bits per heavy atom. The Labute approximate surface area is 156 Å². The molecule has 1 aliphatic rings. The van der Waals surface area contributed by atoms with Crippen LogP contribution in [0.2, 0.25) is 0 Å². The van der Waals surface area contributed by atoms with E-state index in [9.17, 15) is 14.0 Å². The zero-order valence-corrected chi connectivity index (χ0v) is 15.1. The molecule has 1 saturated heterocycles. The summed E-state index contributed by atoms with van der Waals surface area (Å²) in [6.07, 6.45) is 0.698. The van der Waals surface area contributed by atoms with Gasteiger partial charge >= 0.3 is 6.03 Å². The van der Waals surface area contributed by atoms with Crippen molar-refractivity contribution >= 4 is 11.9 Å². The number of aromatic nitrogens is 3. The number of nitrogens with zero attached hydrogens (tertiary/aromatic N) is 4. The van der Waals surface area contributed by atoms with Gasteiger partial charge in [-0.1, -0.05) is 35.5 Å². The van der Waals surface area contributed by atoms with Crippen LogP contribution in [0, 0.1) is 0 Å². The van der Waals surface area contributed by atoms with Crippen molar-refractivity contribution in [1.29, 1.82) is 0 Å². The van der Waals surface area contributed by atoms with Gasteiger partial charge in [0.15, 0.2) is 5.69 Å². The highest BCUT2D eigenvalue weighted by molar-refractivity contribution is 5.91. The predicted octanol–water partition coefficient (Wildman–Crippen LogP) is 1.35. The Morgan fingerprint density at radius 2 is 2.04 bits per heavy atom. The van der Waals surface area contributed by atoms with Crippen molar-refractivity contribution in [3.05, 3.63) is 47.8 Å². The van der Waals surface area contributed by atoms with Gasteiger partial charge in [0.05, 0.1) is 25.3 Å². The molecule has 1 aliphatic heterocycles. The third-order valence-electron chi connectivity index (χ3n) is 4.42. The maximum absolute atomic E-state index is 13.8. The van der Waals surface area contributed by atoms with Gasteiger partial charge in [0.25, 0.3) is 5.91 Å². The average molecular weight is 374 g/mol. The molecule has 0 saturated carbocycles. The zero-order valence-electron chi connectivity index (χ0n) is 15.1. The van der Waals surface area contributed by atoms with Crippen LogP contribution in [0.5, 0.6) is 0 Å². The zero-order chi connectivity index (χ0) is 19.2. The number of hydrogen-bond acceptors (Lipinski definition) is 4.